The predicted molar refractivity (Wildman–Crippen MR) is 65.1 cm³/mol. The molecule has 0 atom stereocenters. The SMILES string of the molecule is O=C(NC1=NCCC1)Nc1ccc(Cl)cc1. The zero-order valence-corrected chi connectivity index (χ0v) is 9.42. The summed E-state index contributed by atoms with van der Waals surface area (Å²) in [6.07, 6.45) is 1.85. The number of urea groups is 1. The van der Waals surface area contributed by atoms with Gasteiger partial charge in [0.25, 0.3) is 0 Å². The van der Waals surface area contributed by atoms with E-state index < -0.39 is 0 Å². The summed E-state index contributed by atoms with van der Waals surface area (Å²) in [6.45, 7) is 0.802. The van der Waals surface area contributed by atoms with E-state index in [1.54, 1.807) is 24.3 Å². The molecule has 2 amide bonds. The molecule has 0 aromatic heterocycles. The summed E-state index contributed by atoms with van der Waals surface area (Å²) in [5.41, 5.74) is 0.709. The van der Waals surface area contributed by atoms with E-state index in [9.17, 15) is 4.79 Å². The van der Waals surface area contributed by atoms with Crippen LogP contribution >= 0.6 is 11.6 Å². The molecule has 0 unspecified atom stereocenters. The number of aliphatic imine (C=N–C) groups is 1. The molecule has 0 saturated carbocycles. The van der Waals surface area contributed by atoms with Crippen molar-refractivity contribution in [1.29, 1.82) is 0 Å². The zero-order chi connectivity index (χ0) is 11.4. The molecule has 1 aromatic rings. The Morgan fingerprint density at radius 3 is 2.62 bits per heavy atom. The van der Waals surface area contributed by atoms with E-state index in [1.165, 1.54) is 0 Å². The largest absolute Gasteiger partial charge is 0.324 e. The number of carbonyl (C=O) groups is 1. The number of amidine groups is 1. The molecule has 0 radical (unpaired) electrons. The van der Waals surface area contributed by atoms with Crippen LogP contribution in [0.4, 0.5) is 10.5 Å². The Kier molecular flexibility index (Phi) is 3.41. The maximum absolute atomic E-state index is 11.5. The van der Waals surface area contributed by atoms with Gasteiger partial charge >= 0.3 is 6.03 Å². The van der Waals surface area contributed by atoms with Gasteiger partial charge in [-0.25, -0.2) is 4.79 Å². The molecule has 5 heteroatoms. The fourth-order valence-electron chi connectivity index (χ4n) is 1.47. The second-order valence-corrected chi connectivity index (χ2v) is 3.95. The third-order valence-electron chi connectivity index (χ3n) is 2.23. The number of anilines is 1. The molecule has 0 aliphatic carbocycles. The summed E-state index contributed by atoms with van der Waals surface area (Å²) in [5.74, 6) is 0.756. The van der Waals surface area contributed by atoms with Crippen LogP contribution in [-0.2, 0) is 0 Å². The highest BCUT2D eigenvalue weighted by atomic mass is 35.5. The Bertz CT molecular complexity index is 414. The first kappa shape index (κ1) is 11.0. The first-order valence-corrected chi connectivity index (χ1v) is 5.49. The monoisotopic (exact) mass is 237 g/mol. The van der Waals surface area contributed by atoms with Gasteiger partial charge in [0.05, 0.1) is 0 Å². The van der Waals surface area contributed by atoms with Crippen molar-refractivity contribution in [3.8, 4) is 0 Å². The van der Waals surface area contributed by atoms with Crippen molar-refractivity contribution in [2.24, 2.45) is 4.99 Å². The van der Waals surface area contributed by atoms with Crippen molar-refractivity contribution in [2.45, 2.75) is 12.8 Å². The molecule has 16 heavy (non-hydrogen) atoms. The highest BCUT2D eigenvalue weighted by Crippen LogP contribution is 2.13. The quantitative estimate of drug-likeness (QED) is 0.775. The summed E-state index contributed by atoms with van der Waals surface area (Å²) < 4.78 is 0. The van der Waals surface area contributed by atoms with Crippen LogP contribution in [0.25, 0.3) is 0 Å². The maximum atomic E-state index is 11.5. The molecule has 84 valence electrons. The van der Waals surface area contributed by atoms with E-state index in [4.69, 9.17) is 11.6 Å². The van der Waals surface area contributed by atoms with Crippen molar-refractivity contribution in [1.82, 2.24) is 5.32 Å². The van der Waals surface area contributed by atoms with E-state index in [-0.39, 0.29) is 6.03 Å². The molecule has 1 aliphatic heterocycles. The van der Waals surface area contributed by atoms with Crippen LogP contribution in [0.2, 0.25) is 5.02 Å². The Hall–Kier alpha value is -1.55. The number of halogens is 1. The smallest absolute Gasteiger partial charge is 0.308 e. The minimum absolute atomic E-state index is 0.261. The van der Waals surface area contributed by atoms with Gasteiger partial charge in [-0.2, -0.15) is 0 Å². The van der Waals surface area contributed by atoms with Gasteiger partial charge in [-0.3, -0.25) is 10.3 Å². The molecular formula is C11H12ClN3O. The lowest BCUT2D eigenvalue weighted by molar-refractivity contribution is 0.256. The molecule has 0 bridgehead atoms. The van der Waals surface area contributed by atoms with Crippen molar-refractivity contribution in [3.63, 3.8) is 0 Å². The highest BCUT2D eigenvalue weighted by molar-refractivity contribution is 6.30. The van der Waals surface area contributed by atoms with E-state index in [0.717, 1.165) is 25.2 Å². The molecule has 2 rings (SSSR count). The van der Waals surface area contributed by atoms with Gasteiger partial charge in [0.2, 0.25) is 0 Å². The van der Waals surface area contributed by atoms with Gasteiger partial charge in [-0.05, 0) is 30.7 Å². The predicted octanol–water partition coefficient (Wildman–Crippen LogP) is 2.65. The molecule has 1 aliphatic rings. The molecule has 2 N–H and O–H groups in total. The van der Waals surface area contributed by atoms with Crippen LogP contribution in [0.3, 0.4) is 0 Å². The summed E-state index contributed by atoms with van der Waals surface area (Å²) >= 11 is 5.74. The minimum Gasteiger partial charge on any atom is -0.308 e. The van der Waals surface area contributed by atoms with Gasteiger partial charge in [0, 0.05) is 23.7 Å². The second-order valence-electron chi connectivity index (χ2n) is 3.52. The van der Waals surface area contributed by atoms with Crippen molar-refractivity contribution >= 4 is 29.2 Å². The van der Waals surface area contributed by atoms with Crippen LogP contribution in [-0.4, -0.2) is 18.4 Å². The van der Waals surface area contributed by atoms with E-state index in [0.29, 0.717) is 10.7 Å². The number of nitrogens with zero attached hydrogens (tertiary/aromatic N) is 1. The number of rotatable bonds is 1. The topological polar surface area (TPSA) is 53.5 Å². The van der Waals surface area contributed by atoms with Crippen molar-refractivity contribution in [2.75, 3.05) is 11.9 Å². The van der Waals surface area contributed by atoms with Crippen LogP contribution < -0.4 is 10.6 Å². The van der Waals surface area contributed by atoms with Gasteiger partial charge in [-0.15, -0.1) is 0 Å². The number of hydrogen-bond donors (Lipinski definition) is 2. The molecular weight excluding hydrogens is 226 g/mol. The highest BCUT2D eigenvalue weighted by Gasteiger charge is 2.09. The van der Waals surface area contributed by atoms with E-state index in [2.05, 4.69) is 15.6 Å². The first-order chi connectivity index (χ1) is 7.74. The second kappa shape index (κ2) is 4.99. The Balaban J connectivity index is 1.89. The Morgan fingerprint density at radius 1 is 1.25 bits per heavy atom. The third kappa shape index (κ3) is 2.97. The molecule has 1 aromatic carbocycles. The van der Waals surface area contributed by atoms with Crippen LogP contribution in [0.1, 0.15) is 12.8 Å². The number of hydrogen-bond acceptors (Lipinski definition) is 2. The lowest BCUT2D eigenvalue weighted by Crippen LogP contribution is -2.33. The van der Waals surface area contributed by atoms with E-state index in [1.807, 2.05) is 0 Å². The van der Waals surface area contributed by atoms with Crippen molar-refractivity contribution < 1.29 is 4.79 Å². The molecule has 0 spiro atoms. The normalized spacial score (nSPS) is 14.4. The average molecular weight is 238 g/mol. The van der Waals surface area contributed by atoms with E-state index >= 15 is 0 Å². The first-order valence-electron chi connectivity index (χ1n) is 5.11. The molecule has 0 fully saturated rings. The van der Waals surface area contributed by atoms with Gasteiger partial charge in [0.15, 0.2) is 0 Å². The fourth-order valence-corrected chi connectivity index (χ4v) is 1.59. The summed E-state index contributed by atoms with van der Waals surface area (Å²) in [6, 6.07) is 6.69. The lowest BCUT2D eigenvalue weighted by Gasteiger charge is -2.06. The molecule has 4 nitrogen and oxygen atoms in total. The van der Waals surface area contributed by atoms with Crippen molar-refractivity contribution in [3.05, 3.63) is 29.3 Å². The fraction of sp³-hybridized carbons (Fsp3) is 0.273. The Labute approximate surface area is 98.7 Å². The summed E-state index contributed by atoms with van der Waals surface area (Å²) in [7, 11) is 0. The minimum atomic E-state index is -0.261. The maximum Gasteiger partial charge on any atom is 0.324 e. The van der Waals surface area contributed by atoms with Crippen LogP contribution in [0, 0.1) is 0 Å². The summed E-state index contributed by atoms with van der Waals surface area (Å²) in [5, 5.41) is 6.06. The van der Waals surface area contributed by atoms with Gasteiger partial charge in [0.1, 0.15) is 5.84 Å². The number of amides is 2. The van der Waals surface area contributed by atoms with Gasteiger partial charge < -0.3 is 5.32 Å². The van der Waals surface area contributed by atoms with Gasteiger partial charge in [-0.1, -0.05) is 11.6 Å². The standard InChI is InChI=1S/C11H12ClN3O/c12-8-3-5-9(6-4-8)14-11(16)15-10-2-1-7-13-10/h3-6H,1-2,7H2,(H2,13,14,15,16). The molecule has 1 heterocycles. The number of nitrogens with one attached hydrogen (secondary N) is 2. The average Bonchev–Trinajstić information content (AvgIpc) is 2.74. The summed E-state index contributed by atoms with van der Waals surface area (Å²) in [4.78, 5) is 15.7. The Morgan fingerprint density at radius 2 is 2.00 bits per heavy atom. The number of carbonyl (C=O) groups excluding carboxylic acids is 1. The third-order valence-corrected chi connectivity index (χ3v) is 2.49. The lowest BCUT2D eigenvalue weighted by atomic mass is 10.3. The number of benzene rings is 1. The van der Waals surface area contributed by atoms with Crippen LogP contribution in [0.15, 0.2) is 29.3 Å². The zero-order valence-electron chi connectivity index (χ0n) is 8.66. The molecule has 0 saturated heterocycles. The van der Waals surface area contributed by atoms with Crippen LogP contribution in [0.5, 0.6) is 0 Å².